The van der Waals surface area contributed by atoms with Crippen LogP contribution in [-0.4, -0.2) is 59.6 Å². The summed E-state index contributed by atoms with van der Waals surface area (Å²) in [6.45, 7) is 2.93. The van der Waals surface area contributed by atoms with E-state index in [1.807, 2.05) is 18.2 Å². The Hall–Kier alpha value is -2.08. The minimum absolute atomic E-state index is 0.0620. The summed E-state index contributed by atoms with van der Waals surface area (Å²) < 4.78 is 6.22. The Morgan fingerprint density at radius 3 is 2.69 bits per heavy atom. The van der Waals surface area contributed by atoms with E-state index in [1.54, 1.807) is 6.07 Å². The first-order chi connectivity index (χ1) is 14.1. The topological polar surface area (TPSA) is 61.9 Å². The highest BCUT2D eigenvalue weighted by Gasteiger charge is 2.43. The van der Waals surface area contributed by atoms with Crippen LogP contribution in [0.4, 0.5) is 0 Å². The van der Waals surface area contributed by atoms with Gasteiger partial charge in [-0.1, -0.05) is 25.0 Å². The van der Waals surface area contributed by atoms with Gasteiger partial charge in [0.2, 0.25) is 5.91 Å². The Labute approximate surface area is 172 Å². The molecule has 3 fully saturated rings. The van der Waals surface area contributed by atoms with Crippen LogP contribution in [0.1, 0.15) is 61.7 Å². The summed E-state index contributed by atoms with van der Waals surface area (Å²) in [5.74, 6) is 1.61. The fraction of sp³-hybridized carbons (Fsp3) is 0.652. The van der Waals surface area contributed by atoms with E-state index >= 15 is 0 Å². The molecule has 0 aromatic heterocycles. The molecule has 2 amide bonds. The minimum Gasteiger partial charge on any atom is -0.467 e. The van der Waals surface area contributed by atoms with Crippen molar-refractivity contribution >= 4 is 11.8 Å². The third kappa shape index (κ3) is 3.63. The highest BCUT2D eigenvalue weighted by atomic mass is 16.5. The molecule has 1 spiro atoms. The van der Waals surface area contributed by atoms with Crippen LogP contribution in [0.5, 0.6) is 5.75 Å². The molecule has 1 aromatic carbocycles. The van der Waals surface area contributed by atoms with Gasteiger partial charge in [-0.05, 0) is 43.7 Å². The number of hydrogen-bond acceptors (Lipinski definition) is 4. The molecule has 1 saturated carbocycles. The maximum atomic E-state index is 13.1. The molecular formula is C23H31N3O3. The van der Waals surface area contributed by atoms with Crippen LogP contribution in [0.3, 0.4) is 0 Å². The van der Waals surface area contributed by atoms with Gasteiger partial charge in [0, 0.05) is 38.5 Å². The average Bonchev–Trinajstić information content (AvgIpc) is 2.75. The van der Waals surface area contributed by atoms with Crippen LogP contribution in [0.2, 0.25) is 0 Å². The molecule has 0 unspecified atom stereocenters. The summed E-state index contributed by atoms with van der Waals surface area (Å²) in [4.78, 5) is 30.0. The quantitative estimate of drug-likeness (QED) is 0.834. The molecule has 29 heavy (non-hydrogen) atoms. The second kappa shape index (κ2) is 7.63. The maximum Gasteiger partial charge on any atom is 0.258 e. The van der Waals surface area contributed by atoms with Crippen molar-refractivity contribution in [2.75, 3.05) is 26.2 Å². The molecule has 3 aliphatic heterocycles. The van der Waals surface area contributed by atoms with Crippen LogP contribution >= 0.6 is 0 Å². The number of carbonyl (C=O) groups is 2. The normalized spacial score (nSPS) is 28.8. The molecule has 5 rings (SSSR count). The largest absolute Gasteiger partial charge is 0.467 e. The zero-order chi connectivity index (χ0) is 19.8. The lowest BCUT2D eigenvalue weighted by Gasteiger charge is -2.46. The number of amides is 2. The van der Waals surface area contributed by atoms with Gasteiger partial charge in [0.05, 0.1) is 12.1 Å². The molecule has 3 heterocycles. The Kier molecular flexibility index (Phi) is 4.98. The monoisotopic (exact) mass is 397 g/mol. The molecule has 1 aliphatic carbocycles. The minimum atomic E-state index is -0.634. The molecule has 6 heteroatoms. The van der Waals surface area contributed by atoms with Crippen LogP contribution in [0.25, 0.3) is 0 Å². The molecule has 1 aromatic rings. The van der Waals surface area contributed by atoms with Gasteiger partial charge in [0.1, 0.15) is 5.75 Å². The highest BCUT2D eigenvalue weighted by molar-refractivity contribution is 5.98. The summed E-state index contributed by atoms with van der Waals surface area (Å²) in [5, 5.41) is 3.08. The third-order valence-corrected chi connectivity index (χ3v) is 7.36. The predicted octanol–water partition coefficient (Wildman–Crippen LogP) is 2.78. The lowest BCUT2D eigenvalue weighted by molar-refractivity contribution is -0.140. The molecule has 0 radical (unpaired) electrons. The van der Waals surface area contributed by atoms with Gasteiger partial charge in [-0.2, -0.15) is 0 Å². The Morgan fingerprint density at radius 1 is 1.07 bits per heavy atom. The van der Waals surface area contributed by atoms with Gasteiger partial charge in [0.15, 0.2) is 5.72 Å². The van der Waals surface area contributed by atoms with Crippen LogP contribution in [-0.2, 0) is 4.79 Å². The van der Waals surface area contributed by atoms with E-state index in [2.05, 4.69) is 15.1 Å². The van der Waals surface area contributed by atoms with E-state index in [0.29, 0.717) is 36.7 Å². The Morgan fingerprint density at radius 2 is 1.83 bits per heavy atom. The molecule has 0 bridgehead atoms. The number of para-hydroxylation sites is 1. The SMILES string of the molecule is O=C1NC2(CCN(CC(=O)N3CCC[C@@H]4CCCC[C@H]43)CC2)Oc2ccccc21. The van der Waals surface area contributed by atoms with Gasteiger partial charge in [-0.3, -0.25) is 14.5 Å². The molecule has 156 valence electrons. The van der Waals surface area contributed by atoms with Crippen molar-refractivity contribution in [2.24, 2.45) is 5.92 Å². The second-order valence-electron chi connectivity index (χ2n) is 9.16. The number of piperidine rings is 2. The third-order valence-electron chi connectivity index (χ3n) is 7.36. The number of fused-ring (bicyclic) bond motifs is 2. The van der Waals surface area contributed by atoms with Crippen LogP contribution < -0.4 is 10.1 Å². The van der Waals surface area contributed by atoms with Gasteiger partial charge in [-0.15, -0.1) is 0 Å². The number of benzene rings is 1. The van der Waals surface area contributed by atoms with E-state index in [1.165, 1.54) is 32.1 Å². The lowest BCUT2D eigenvalue weighted by atomic mass is 9.78. The van der Waals surface area contributed by atoms with Gasteiger partial charge >= 0.3 is 0 Å². The molecule has 1 N–H and O–H groups in total. The van der Waals surface area contributed by atoms with Crippen molar-refractivity contribution in [1.29, 1.82) is 0 Å². The number of nitrogens with one attached hydrogen (secondary N) is 1. The van der Waals surface area contributed by atoms with Crippen molar-refractivity contribution in [3.63, 3.8) is 0 Å². The summed E-state index contributed by atoms with van der Waals surface area (Å²) in [6.07, 6.45) is 8.90. The zero-order valence-electron chi connectivity index (χ0n) is 17.1. The number of nitrogens with zero attached hydrogens (tertiary/aromatic N) is 2. The fourth-order valence-corrected chi connectivity index (χ4v) is 5.77. The van der Waals surface area contributed by atoms with Crippen molar-refractivity contribution < 1.29 is 14.3 Å². The molecule has 4 aliphatic rings. The smallest absolute Gasteiger partial charge is 0.258 e. The standard InChI is InChI=1S/C23H31N3O3/c27-21(26-13-5-7-17-6-1-3-9-19(17)26)16-25-14-11-23(12-15-25)24-22(28)18-8-2-4-10-20(18)29-23/h2,4,8,10,17,19H,1,3,5-7,9,11-16H2,(H,24,28)/t17-,19+/m0/s1. The number of likely N-dealkylation sites (tertiary alicyclic amines) is 2. The van der Waals surface area contributed by atoms with Gasteiger partial charge in [0.25, 0.3) is 5.91 Å². The van der Waals surface area contributed by atoms with Crippen LogP contribution in [0, 0.1) is 5.92 Å². The lowest BCUT2D eigenvalue weighted by Crippen LogP contribution is -2.62. The molecule has 6 nitrogen and oxygen atoms in total. The molecule has 2 saturated heterocycles. The zero-order valence-corrected chi connectivity index (χ0v) is 17.1. The number of ether oxygens (including phenoxy) is 1. The van der Waals surface area contributed by atoms with Gasteiger partial charge < -0.3 is 15.0 Å². The first kappa shape index (κ1) is 18.9. The number of carbonyl (C=O) groups excluding carboxylic acids is 2. The predicted molar refractivity (Wildman–Crippen MR) is 110 cm³/mol. The van der Waals surface area contributed by atoms with Gasteiger partial charge in [-0.25, -0.2) is 0 Å². The van der Waals surface area contributed by atoms with Crippen molar-refractivity contribution in [1.82, 2.24) is 15.1 Å². The van der Waals surface area contributed by atoms with E-state index in [4.69, 9.17) is 4.74 Å². The summed E-state index contributed by atoms with van der Waals surface area (Å²) >= 11 is 0. The van der Waals surface area contributed by atoms with Crippen LogP contribution in [0.15, 0.2) is 24.3 Å². The summed E-state index contributed by atoms with van der Waals surface area (Å²) in [6, 6.07) is 7.88. The van der Waals surface area contributed by atoms with Crippen molar-refractivity contribution in [3.8, 4) is 5.75 Å². The van der Waals surface area contributed by atoms with E-state index in [-0.39, 0.29) is 11.8 Å². The summed E-state index contributed by atoms with van der Waals surface area (Å²) in [7, 11) is 0. The number of rotatable bonds is 2. The first-order valence-corrected chi connectivity index (χ1v) is 11.3. The van der Waals surface area contributed by atoms with E-state index < -0.39 is 5.72 Å². The Balaban J connectivity index is 1.19. The fourth-order valence-electron chi connectivity index (χ4n) is 5.77. The Bertz CT molecular complexity index is 785. The van der Waals surface area contributed by atoms with E-state index in [9.17, 15) is 9.59 Å². The summed E-state index contributed by atoms with van der Waals surface area (Å²) in [5.41, 5.74) is -0.0345. The second-order valence-corrected chi connectivity index (χ2v) is 9.16. The molecule has 2 atom stereocenters. The molecular weight excluding hydrogens is 366 g/mol. The van der Waals surface area contributed by atoms with Crippen molar-refractivity contribution in [2.45, 2.75) is 63.1 Å². The van der Waals surface area contributed by atoms with Crippen molar-refractivity contribution in [3.05, 3.63) is 29.8 Å². The number of hydrogen-bond donors (Lipinski definition) is 1. The van der Waals surface area contributed by atoms with E-state index in [0.717, 1.165) is 32.0 Å². The first-order valence-electron chi connectivity index (χ1n) is 11.3. The average molecular weight is 398 g/mol. The maximum absolute atomic E-state index is 13.1. The highest BCUT2D eigenvalue weighted by Crippen LogP contribution is 2.36.